The Hall–Kier alpha value is -2.10. The maximum atomic E-state index is 12.1. The summed E-state index contributed by atoms with van der Waals surface area (Å²) >= 11 is 0. The summed E-state index contributed by atoms with van der Waals surface area (Å²) in [5.41, 5.74) is 3.25. The van der Waals surface area contributed by atoms with E-state index in [2.05, 4.69) is 11.4 Å². The molecule has 0 bridgehead atoms. The minimum Gasteiger partial charge on any atom is -0.350 e. The summed E-state index contributed by atoms with van der Waals surface area (Å²) in [6, 6.07) is 7.50. The predicted molar refractivity (Wildman–Crippen MR) is 96.9 cm³/mol. The van der Waals surface area contributed by atoms with Gasteiger partial charge in [-0.05, 0) is 51.2 Å². The molecule has 24 heavy (non-hydrogen) atoms. The van der Waals surface area contributed by atoms with Gasteiger partial charge in [0.05, 0.1) is 0 Å². The molecule has 0 radical (unpaired) electrons. The lowest BCUT2D eigenvalue weighted by atomic mass is 9.97. The third-order valence-electron chi connectivity index (χ3n) is 4.51. The summed E-state index contributed by atoms with van der Waals surface area (Å²) in [6.07, 6.45) is 8.15. The highest BCUT2D eigenvalue weighted by Gasteiger charge is 2.12. The summed E-state index contributed by atoms with van der Waals surface area (Å²) in [7, 11) is 0. The van der Waals surface area contributed by atoms with Gasteiger partial charge in [0.25, 0.3) is 5.91 Å². The Morgan fingerprint density at radius 3 is 2.50 bits per heavy atom. The van der Waals surface area contributed by atoms with Gasteiger partial charge in [-0.3, -0.25) is 9.59 Å². The predicted octanol–water partition coefficient (Wildman–Crippen LogP) is 3.46. The Morgan fingerprint density at radius 1 is 1.12 bits per heavy atom. The van der Waals surface area contributed by atoms with E-state index in [4.69, 9.17) is 0 Å². The molecule has 1 aromatic carbocycles. The highest BCUT2D eigenvalue weighted by Crippen LogP contribution is 2.20. The topological polar surface area (TPSA) is 49.4 Å². The molecule has 0 atom stereocenters. The first-order valence-corrected chi connectivity index (χ1v) is 8.84. The van der Waals surface area contributed by atoms with E-state index < -0.39 is 0 Å². The lowest BCUT2D eigenvalue weighted by Gasteiger charge is -2.23. The molecular weight excluding hydrogens is 300 g/mol. The van der Waals surface area contributed by atoms with Crippen molar-refractivity contribution in [1.82, 2.24) is 10.2 Å². The maximum absolute atomic E-state index is 12.1. The summed E-state index contributed by atoms with van der Waals surface area (Å²) in [4.78, 5) is 25.7. The molecule has 0 saturated carbocycles. The Kier molecular flexibility index (Phi) is 7.04. The minimum absolute atomic E-state index is 0.0657. The number of carbonyl (C=O) groups excluding carboxylic acids is 2. The van der Waals surface area contributed by atoms with Crippen molar-refractivity contribution in [2.75, 3.05) is 19.6 Å². The zero-order chi connectivity index (χ0) is 17.4. The molecule has 0 saturated heterocycles. The first-order valence-electron chi connectivity index (χ1n) is 8.84. The average Bonchev–Trinajstić information content (AvgIpc) is 2.59. The maximum Gasteiger partial charge on any atom is 0.251 e. The van der Waals surface area contributed by atoms with E-state index in [-0.39, 0.29) is 11.8 Å². The second-order valence-electron chi connectivity index (χ2n) is 6.49. The Morgan fingerprint density at radius 2 is 1.88 bits per heavy atom. The molecule has 2 amide bonds. The van der Waals surface area contributed by atoms with Gasteiger partial charge in [0, 0.05) is 32.1 Å². The van der Waals surface area contributed by atoms with Gasteiger partial charge < -0.3 is 10.2 Å². The Labute approximate surface area is 144 Å². The number of carbonyl (C=O) groups is 2. The molecule has 1 aliphatic carbocycles. The second kappa shape index (κ2) is 9.26. The van der Waals surface area contributed by atoms with E-state index in [0.717, 1.165) is 24.9 Å². The Bertz CT molecular complexity index is 590. The molecule has 0 unspecified atom stereocenters. The van der Waals surface area contributed by atoms with E-state index >= 15 is 0 Å². The van der Waals surface area contributed by atoms with Gasteiger partial charge >= 0.3 is 0 Å². The van der Waals surface area contributed by atoms with Crippen LogP contribution in [0, 0.1) is 6.92 Å². The second-order valence-corrected chi connectivity index (χ2v) is 6.49. The molecule has 1 aliphatic rings. The van der Waals surface area contributed by atoms with Gasteiger partial charge in [0.2, 0.25) is 5.91 Å². The van der Waals surface area contributed by atoms with Crippen LogP contribution in [0.25, 0.3) is 0 Å². The van der Waals surface area contributed by atoms with Crippen LogP contribution in [0.15, 0.2) is 35.9 Å². The zero-order valence-corrected chi connectivity index (χ0v) is 14.8. The molecular formula is C20H28N2O2. The normalized spacial score (nSPS) is 14.0. The van der Waals surface area contributed by atoms with Gasteiger partial charge in [-0.2, -0.15) is 0 Å². The molecule has 0 fully saturated rings. The molecule has 1 N–H and O–H groups in total. The lowest BCUT2D eigenvalue weighted by molar-refractivity contribution is -0.128. The van der Waals surface area contributed by atoms with Crippen molar-refractivity contribution in [2.45, 2.75) is 46.0 Å². The fraction of sp³-hybridized carbons (Fsp3) is 0.500. The fourth-order valence-electron chi connectivity index (χ4n) is 2.95. The first-order chi connectivity index (χ1) is 11.6. The number of benzene rings is 1. The highest BCUT2D eigenvalue weighted by molar-refractivity contribution is 5.94. The molecule has 1 aromatic rings. The molecule has 0 aromatic heterocycles. The van der Waals surface area contributed by atoms with Crippen LogP contribution in [0.4, 0.5) is 0 Å². The van der Waals surface area contributed by atoms with Crippen molar-refractivity contribution in [1.29, 1.82) is 0 Å². The van der Waals surface area contributed by atoms with Crippen molar-refractivity contribution in [3.05, 3.63) is 47.0 Å². The van der Waals surface area contributed by atoms with Crippen molar-refractivity contribution >= 4 is 11.8 Å². The van der Waals surface area contributed by atoms with Crippen LogP contribution in [-0.4, -0.2) is 36.3 Å². The summed E-state index contributed by atoms with van der Waals surface area (Å²) in [5, 5.41) is 2.89. The van der Waals surface area contributed by atoms with Crippen LogP contribution in [0.1, 0.15) is 54.9 Å². The Balaban J connectivity index is 1.76. The molecule has 4 heteroatoms. The summed E-state index contributed by atoms with van der Waals surface area (Å²) in [5.74, 6) is -0.0236. The first kappa shape index (κ1) is 18.2. The number of hydrogen-bond donors (Lipinski definition) is 1. The molecule has 0 spiro atoms. The molecule has 0 heterocycles. The largest absolute Gasteiger partial charge is 0.350 e. The number of aryl methyl sites for hydroxylation is 1. The monoisotopic (exact) mass is 328 g/mol. The van der Waals surface area contributed by atoms with Gasteiger partial charge in [-0.25, -0.2) is 0 Å². The van der Waals surface area contributed by atoms with Crippen LogP contribution in [0.2, 0.25) is 0 Å². The van der Waals surface area contributed by atoms with Crippen molar-refractivity contribution < 1.29 is 9.59 Å². The van der Waals surface area contributed by atoms with Crippen molar-refractivity contribution in [2.24, 2.45) is 0 Å². The fourth-order valence-corrected chi connectivity index (χ4v) is 2.95. The average molecular weight is 328 g/mol. The van der Waals surface area contributed by atoms with E-state index in [9.17, 15) is 9.59 Å². The third-order valence-corrected chi connectivity index (χ3v) is 4.51. The molecule has 130 valence electrons. The van der Waals surface area contributed by atoms with E-state index in [1.165, 1.54) is 24.8 Å². The molecule has 2 rings (SSSR count). The zero-order valence-electron chi connectivity index (χ0n) is 14.8. The summed E-state index contributed by atoms with van der Waals surface area (Å²) in [6.45, 7) is 5.36. The number of amides is 2. The van der Waals surface area contributed by atoms with Crippen LogP contribution in [-0.2, 0) is 4.79 Å². The number of nitrogens with zero attached hydrogens (tertiary/aromatic N) is 1. The number of nitrogens with one attached hydrogen (secondary N) is 1. The minimum atomic E-state index is -0.0894. The van der Waals surface area contributed by atoms with Gasteiger partial charge in [-0.15, -0.1) is 0 Å². The third kappa shape index (κ3) is 5.84. The van der Waals surface area contributed by atoms with E-state index in [1.54, 1.807) is 6.92 Å². The van der Waals surface area contributed by atoms with E-state index in [1.807, 2.05) is 36.1 Å². The van der Waals surface area contributed by atoms with Gasteiger partial charge in [-0.1, -0.05) is 29.3 Å². The summed E-state index contributed by atoms with van der Waals surface area (Å²) < 4.78 is 0. The van der Waals surface area contributed by atoms with Gasteiger partial charge in [0.1, 0.15) is 0 Å². The number of hydrogen-bond acceptors (Lipinski definition) is 2. The highest BCUT2D eigenvalue weighted by atomic mass is 16.2. The SMILES string of the molecule is CC(=O)N(CCNC(=O)c1ccc(C)cc1)CCC1=CCCCC1. The molecule has 0 aliphatic heterocycles. The van der Waals surface area contributed by atoms with E-state index in [0.29, 0.717) is 18.7 Å². The van der Waals surface area contributed by atoms with Crippen LogP contribution < -0.4 is 5.32 Å². The van der Waals surface area contributed by atoms with Gasteiger partial charge in [0.15, 0.2) is 0 Å². The quantitative estimate of drug-likeness (QED) is 0.779. The number of allylic oxidation sites excluding steroid dienone is 1. The molecule has 4 nitrogen and oxygen atoms in total. The van der Waals surface area contributed by atoms with Crippen LogP contribution >= 0.6 is 0 Å². The van der Waals surface area contributed by atoms with Crippen LogP contribution in [0.3, 0.4) is 0 Å². The lowest BCUT2D eigenvalue weighted by Crippen LogP contribution is -2.38. The smallest absolute Gasteiger partial charge is 0.251 e. The standard InChI is InChI=1S/C20H28N2O2/c1-16-8-10-19(11-9-16)20(24)21-13-15-22(17(2)23)14-12-18-6-4-3-5-7-18/h6,8-11H,3-5,7,12-15H2,1-2H3,(H,21,24). The van der Waals surface area contributed by atoms with Crippen LogP contribution in [0.5, 0.6) is 0 Å². The van der Waals surface area contributed by atoms with Crippen molar-refractivity contribution in [3.8, 4) is 0 Å². The van der Waals surface area contributed by atoms with Crippen molar-refractivity contribution in [3.63, 3.8) is 0 Å². The number of rotatable bonds is 7.